The fraction of sp³-hybridized carbons (Fsp3) is 0.467. The molecule has 4 heteroatoms. The Morgan fingerprint density at radius 3 is 2.21 bits per heavy atom. The van der Waals surface area contributed by atoms with Crippen molar-refractivity contribution in [1.82, 2.24) is 0 Å². The lowest BCUT2D eigenvalue weighted by Crippen LogP contribution is -2.30. The summed E-state index contributed by atoms with van der Waals surface area (Å²) in [4.78, 5) is 26.3. The maximum Gasteiger partial charge on any atom is 0.237 e. The molecule has 19 heavy (non-hydrogen) atoms. The second kappa shape index (κ2) is 4.75. The number of carbonyl (C=O) groups is 2. The molecule has 0 N–H and O–H groups in total. The van der Waals surface area contributed by atoms with E-state index in [9.17, 15) is 9.59 Å². The summed E-state index contributed by atoms with van der Waals surface area (Å²) in [6.07, 6.45) is 3.85. The number of hydrogen-bond acceptors (Lipinski definition) is 2. The van der Waals surface area contributed by atoms with E-state index in [0.29, 0.717) is 5.69 Å². The van der Waals surface area contributed by atoms with E-state index in [4.69, 9.17) is 0 Å². The van der Waals surface area contributed by atoms with Gasteiger partial charge in [0.05, 0.1) is 17.5 Å². The molecule has 1 heterocycles. The maximum atomic E-state index is 12.4. The predicted molar refractivity (Wildman–Crippen MR) is 76.8 cm³/mol. The van der Waals surface area contributed by atoms with Crippen LogP contribution in [0.25, 0.3) is 0 Å². The quantitative estimate of drug-likeness (QED) is 0.743. The van der Waals surface area contributed by atoms with E-state index >= 15 is 0 Å². The Kier molecular flexibility index (Phi) is 3.21. The van der Waals surface area contributed by atoms with Crippen LogP contribution in [0.3, 0.4) is 0 Å². The third-order valence-corrected chi connectivity index (χ3v) is 5.13. The van der Waals surface area contributed by atoms with Gasteiger partial charge in [0.2, 0.25) is 11.8 Å². The Morgan fingerprint density at radius 2 is 1.68 bits per heavy atom. The van der Waals surface area contributed by atoms with E-state index in [-0.39, 0.29) is 23.7 Å². The van der Waals surface area contributed by atoms with Gasteiger partial charge in [0.1, 0.15) is 0 Å². The van der Waals surface area contributed by atoms with Crippen LogP contribution >= 0.6 is 15.9 Å². The first-order chi connectivity index (χ1) is 9.09. The van der Waals surface area contributed by atoms with Crippen LogP contribution in [0.5, 0.6) is 0 Å². The zero-order chi connectivity index (χ0) is 13.6. The molecular formula is C15H16BrNO2. The Balaban J connectivity index is 1.98. The van der Waals surface area contributed by atoms with E-state index in [1.807, 2.05) is 25.1 Å². The zero-order valence-electron chi connectivity index (χ0n) is 10.9. The summed E-state index contributed by atoms with van der Waals surface area (Å²) in [5.41, 5.74) is 1.75. The van der Waals surface area contributed by atoms with E-state index in [1.54, 1.807) is 0 Å². The molecule has 1 aliphatic heterocycles. The number of rotatable bonds is 1. The molecule has 100 valence electrons. The molecule has 0 radical (unpaired) electrons. The average molecular weight is 322 g/mol. The summed E-state index contributed by atoms with van der Waals surface area (Å²) in [6, 6.07) is 5.63. The minimum absolute atomic E-state index is 0.00331. The van der Waals surface area contributed by atoms with Crippen molar-refractivity contribution in [1.29, 1.82) is 0 Å². The van der Waals surface area contributed by atoms with Crippen LogP contribution < -0.4 is 4.90 Å². The van der Waals surface area contributed by atoms with Gasteiger partial charge >= 0.3 is 0 Å². The molecule has 0 spiro atoms. The number of halogens is 1. The number of carbonyl (C=O) groups excluding carboxylic acids is 2. The van der Waals surface area contributed by atoms with Crippen LogP contribution in [0.1, 0.15) is 31.2 Å². The molecule has 2 atom stereocenters. The van der Waals surface area contributed by atoms with Crippen molar-refractivity contribution in [3.05, 3.63) is 28.2 Å². The molecule has 1 aliphatic carbocycles. The smallest absolute Gasteiger partial charge is 0.237 e. The lowest BCUT2D eigenvalue weighted by atomic mass is 9.81. The first-order valence-corrected chi connectivity index (χ1v) is 7.53. The fourth-order valence-electron chi connectivity index (χ4n) is 3.18. The molecule has 2 amide bonds. The topological polar surface area (TPSA) is 37.4 Å². The van der Waals surface area contributed by atoms with E-state index < -0.39 is 0 Å². The number of anilines is 1. The third-order valence-electron chi connectivity index (χ3n) is 4.24. The second-order valence-electron chi connectivity index (χ2n) is 5.44. The van der Waals surface area contributed by atoms with Gasteiger partial charge in [0.15, 0.2) is 0 Å². The SMILES string of the molecule is Cc1cc(N2C(=O)C3CCCCC3C2=O)ccc1Br. The van der Waals surface area contributed by atoms with Crippen molar-refractivity contribution in [3.8, 4) is 0 Å². The molecule has 2 aliphatic rings. The van der Waals surface area contributed by atoms with Crippen molar-refractivity contribution in [3.63, 3.8) is 0 Å². The lowest BCUT2D eigenvalue weighted by Gasteiger charge is -2.19. The first kappa shape index (κ1) is 12.9. The Labute approximate surface area is 121 Å². The number of hydrogen-bond donors (Lipinski definition) is 0. The van der Waals surface area contributed by atoms with Gasteiger partial charge in [0, 0.05) is 4.47 Å². The number of aryl methyl sites for hydroxylation is 1. The van der Waals surface area contributed by atoms with Gasteiger partial charge in [-0.05, 0) is 43.5 Å². The van der Waals surface area contributed by atoms with Crippen LogP contribution in [-0.2, 0) is 9.59 Å². The van der Waals surface area contributed by atoms with E-state index in [1.165, 1.54) is 4.90 Å². The molecule has 1 saturated carbocycles. The van der Waals surface area contributed by atoms with Gasteiger partial charge in [-0.2, -0.15) is 0 Å². The lowest BCUT2D eigenvalue weighted by molar-refractivity contribution is -0.122. The second-order valence-corrected chi connectivity index (χ2v) is 6.30. The first-order valence-electron chi connectivity index (χ1n) is 6.73. The number of fused-ring (bicyclic) bond motifs is 1. The van der Waals surface area contributed by atoms with Gasteiger partial charge in [-0.3, -0.25) is 14.5 Å². The van der Waals surface area contributed by atoms with Crippen LogP contribution in [-0.4, -0.2) is 11.8 Å². The standard InChI is InChI=1S/C15H16BrNO2/c1-9-8-10(6-7-13(9)16)17-14(18)11-4-2-3-5-12(11)15(17)19/h6-8,11-12H,2-5H2,1H3. The fourth-order valence-corrected chi connectivity index (χ4v) is 3.43. The van der Waals surface area contributed by atoms with Crippen molar-refractivity contribution < 1.29 is 9.59 Å². The normalized spacial score (nSPS) is 26.7. The number of amides is 2. The van der Waals surface area contributed by atoms with Gasteiger partial charge < -0.3 is 0 Å². The van der Waals surface area contributed by atoms with Crippen LogP contribution in [0.4, 0.5) is 5.69 Å². The van der Waals surface area contributed by atoms with Crippen molar-refractivity contribution in [2.45, 2.75) is 32.6 Å². The molecule has 0 bridgehead atoms. The Hall–Kier alpha value is -1.16. The largest absolute Gasteiger partial charge is 0.274 e. The molecule has 1 aromatic carbocycles. The maximum absolute atomic E-state index is 12.4. The van der Waals surface area contributed by atoms with Crippen molar-refractivity contribution >= 4 is 33.4 Å². The number of nitrogens with zero attached hydrogens (tertiary/aromatic N) is 1. The van der Waals surface area contributed by atoms with E-state index in [2.05, 4.69) is 15.9 Å². The van der Waals surface area contributed by atoms with Crippen LogP contribution in [0, 0.1) is 18.8 Å². The molecule has 0 aromatic heterocycles. The molecule has 1 aromatic rings. The highest BCUT2D eigenvalue weighted by Gasteiger charge is 2.48. The molecule has 2 fully saturated rings. The number of imide groups is 1. The molecule has 1 saturated heterocycles. The minimum Gasteiger partial charge on any atom is -0.274 e. The highest BCUT2D eigenvalue weighted by molar-refractivity contribution is 9.10. The Morgan fingerprint density at radius 1 is 1.11 bits per heavy atom. The monoisotopic (exact) mass is 321 g/mol. The summed E-state index contributed by atoms with van der Waals surface area (Å²) >= 11 is 3.44. The van der Waals surface area contributed by atoms with Crippen molar-refractivity contribution in [2.24, 2.45) is 11.8 Å². The van der Waals surface area contributed by atoms with Crippen LogP contribution in [0.15, 0.2) is 22.7 Å². The average Bonchev–Trinajstić information content (AvgIpc) is 2.66. The highest BCUT2D eigenvalue weighted by Crippen LogP contribution is 2.40. The third kappa shape index (κ3) is 2.02. The summed E-state index contributed by atoms with van der Waals surface area (Å²) in [5, 5.41) is 0. The van der Waals surface area contributed by atoms with Gasteiger partial charge in [0.25, 0.3) is 0 Å². The van der Waals surface area contributed by atoms with Gasteiger partial charge in [-0.15, -0.1) is 0 Å². The molecule has 2 unspecified atom stereocenters. The van der Waals surface area contributed by atoms with E-state index in [0.717, 1.165) is 35.7 Å². The Bertz CT molecular complexity index is 531. The summed E-state index contributed by atoms with van der Waals surface area (Å²) in [7, 11) is 0. The van der Waals surface area contributed by atoms with Gasteiger partial charge in [-0.1, -0.05) is 28.8 Å². The minimum atomic E-state index is -0.0785. The molecular weight excluding hydrogens is 306 g/mol. The number of benzene rings is 1. The summed E-state index contributed by atoms with van der Waals surface area (Å²) in [6.45, 7) is 1.96. The zero-order valence-corrected chi connectivity index (χ0v) is 12.4. The molecule has 3 rings (SSSR count). The molecule has 3 nitrogen and oxygen atoms in total. The van der Waals surface area contributed by atoms with Gasteiger partial charge in [-0.25, -0.2) is 0 Å². The van der Waals surface area contributed by atoms with Crippen molar-refractivity contribution in [2.75, 3.05) is 4.90 Å². The summed E-state index contributed by atoms with van der Waals surface area (Å²) in [5.74, 6) is -0.164. The summed E-state index contributed by atoms with van der Waals surface area (Å²) < 4.78 is 0.993. The highest BCUT2D eigenvalue weighted by atomic mass is 79.9. The van der Waals surface area contributed by atoms with Crippen LogP contribution in [0.2, 0.25) is 0 Å². The predicted octanol–water partition coefficient (Wildman–Crippen LogP) is 3.44.